The molecule has 1 unspecified atom stereocenters. The van der Waals surface area contributed by atoms with Gasteiger partial charge in [-0.2, -0.15) is 0 Å². The van der Waals surface area contributed by atoms with Crippen LogP contribution in [-0.4, -0.2) is 25.1 Å². The summed E-state index contributed by atoms with van der Waals surface area (Å²) >= 11 is 0. The fourth-order valence-electron chi connectivity index (χ4n) is 2.60. The van der Waals surface area contributed by atoms with Gasteiger partial charge in [0.1, 0.15) is 18.5 Å². The minimum atomic E-state index is 0.0201. The van der Waals surface area contributed by atoms with Gasteiger partial charge in [-0.3, -0.25) is 4.79 Å². The summed E-state index contributed by atoms with van der Waals surface area (Å²) in [6, 6.07) is 13.5. The molecule has 3 nitrogen and oxygen atoms in total. The van der Waals surface area contributed by atoms with Crippen molar-refractivity contribution < 1.29 is 14.3 Å². The van der Waals surface area contributed by atoms with Crippen molar-refractivity contribution in [2.24, 2.45) is 0 Å². The number of carbonyl (C=O) groups excluding carboxylic acids is 1. The molecule has 1 aliphatic rings. The highest BCUT2D eigenvalue weighted by Crippen LogP contribution is 2.24. The number of ketones is 1. The summed E-state index contributed by atoms with van der Waals surface area (Å²) in [6.45, 7) is 9.77. The minimum Gasteiger partial charge on any atom is -0.491 e. The monoisotopic (exact) mass is 324 g/mol. The Balaban J connectivity index is 1.80. The molecule has 0 N–H and O–H groups in total. The Labute approximate surface area is 143 Å². The summed E-state index contributed by atoms with van der Waals surface area (Å²) in [5.41, 5.74) is 3.67. The Morgan fingerprint density at radius 1 is 1.12 bits per heavy atom. The second-order valence-corrected chi connectivity index (χ2v) is 7.46. The lowest BCUT2D eigenvalue weighted by Crippen LogP contribution is -2.11. The molecule has 3 rings (SSSR count). The Hall–Kier alpha value is -2.13. The van der Waals surface area contributed by atoms with Crippen LogP contribution >= 0.6 is 0 Å². The van der Waals surface area contributed by atoms with Gasteiger partial charge in [-0.1, -0.05) is 45.0 Å². The summed E-state index contributed by atoms with van der Waals surface area (Å²) in [5, 5.41) is 0. The number of aryl methyl sites for hydroxylation is 1. The summed E-state index contributed by atoms with van der Waals surface area (Å²) in [4.78, 5) is 12.8. The van der Waals surface area contributed by atoms with Gasteiger partial charge >= 0.3 is 0 Å². The van der Waals surface area contributed by atoms with Crippen LogP contribution in [0.25, 0.3) is 0 Å². The molecule has 24 heavy (non-hydrogen) atoms. The van der Waals surface area contributed by atoms with Gasteiger partial charge in [0.15, 0.2) is 5.78 Å². The molecule has 0 radical (unpaired) electrons. The van der Waals surface area contributed by atoms with E-state index in [2.05, 4.69) is 20.8 Å². The lowest BCUT2D eigenvalue weighted by Gasteiger charge is -2.19. The van der Waals surface area contributed by atoms with Crippen LogP contribution in [0.1, 0.15) is 47.8 Å². The van der Waals surface area contributed by atoms with E-state index in [0.29, 0.717) is 17.7 Å². The van der Waals surface area contributed by atoms with Crippen molar-refractivity contribution in [1.82, 2.24) is 0 Å². The van der Waals surface area contributed by atoms with Crippen LogP contribution in [-0.2, 0) is 10.2 Å². The Kier molecular flexibility index (Phi) is 4.46. The number of rotatable bonds is 5. The van der Waals surface area contributed by atoms with Crippen LogP contribution in [0, 0.1) is 6.92 Å². The number of benzene rings is 2. The lowest BCUT2D eigenvalue weighted by molar-refractivity contribution is 0.103. The topological polar surface area (TPSA) is 38.8 Å². The molecule has 1 heterocycles. The van der Waals surface area contributed by atoms with Crippen molar-refractivity contribution in [3.63, 3.8) is 0 Å². The Morgan fingerprint density at radius 2 is 1.79 bits per heavy atom. The first-order chi connectivity index (χ1) is 11.3. The predicted molar refractivity (Wildman–Crippen MR) is 95.0 cm³/mol. The minimum absolute atomic E-state index is 0.0201. The quantitative estimate of drug-likeness (QED) is 0.608. The molecule has 1 atom stereocenters. The molecular weight excluding hydrogens is 300 g/mol. The Morgan fingerprint density at radius 3 is 2.38 bits per heavy atom. The zero-order chi connectivity index (χ0) is 17.3. The van der Waals surface area contributed by atoms with Gasteiger partial charge in [0.2, 0.25) is 0 Å². The second kappa shape index (κ2) is 6.40. The maximum atomic E-state index is 12.8. The molecule has 0 amide bonds. The van der Waals surface area contributed by atoms with Crippen LogP contribution < -0.4 is 4.74 Å². The van der Waals surface area contributed by atoms with E-state index in [1.54, 1.807) is 0 Å². The van der Waals surface area contributed by atoms with Gasteiger partial charge in [-0.05, 0) is 41.7 Å². The van der Waals surface area contributed by atoms with E-state index in [-0.39, 0.29) is 17.3 Å². The molecule has 1 fully saturated rings. The molecule has 0 aromatic heterocycles. The summed E-state index contributed by atoms with van der Waals surface area (Å²) < 4.78 is 10.9. The maximum absolute atomic E-state index is 12.8. The van der Waals surface area contributed by atoms with E-state index in [1.807, 2.05) is 49.4 Å². The van der Waals surface area contributed by atoms with Crippen LogP contribution in [0.4, 0.5) is 0 Å². The van der Waals surface area contributed by atoms with Crippen LogP contribution in [0.5, 0.6) is 5.75 Å². The van der Waals surface area contributed by atoms with Gasteiger partial charge in [0.25, 0.3) is 0 Å². The highest BCUT2D eigenvalue weighted by molar-refractivity contribution is 6.09. The normalized spacial score (nSPS) is 16.8. The molecule has 0 bridgehead atoms. The molecular formula is C21H24O3. The number of hydrogen-bond donors (Lipinski definition) is 0. The van der Waals surface area contributed by atoms with Crippen molar-refractivity contribution in [1.29, 1.82) is 0 Å². The van der Waals surface area contributed by atoms with E-state index in [1.165, 1.54) is 5.56 Å². The molecule has 3 heteroatoms. The van der Waals surface area contributed by atoms with Crippen LogP contribution in [0.3, 0.4) is 0 Å². The van der Waals surface area contributed by atoms with Gasteiger partial charge < -0.3 is 9.47 Å². The van der Waals surface area contributed by atoms with Gasteiger partial charge in [-0.15, -0.1) is 0 Å². The molecule has 2 aromatic carbocycles. The average molecular weight is 324 g/mol. The van der Waals surface area contributed by atoms with Gasteiger partial charge in [0.05, 0.1) is 6.61 Å². The standard InChI is InChI=1S/C21H24O3/c1-14-9-16(11-18(10-14)23-12-19-13-24-19)20(22)15-5-7-17(8-6-15)21(2,3)4/h5-11,19H,12-13H2,1-4H3. The summed E-state index contributed by atoms with van der Waals surface area (Å²) in [6.07, 6.45) is 0.203. The smallest absolute Gasteiger partial charge is 0.193 e. The molecule has 0 aliphatic carbocycles. The lowest BCUT2D eigenvalue weighted by atomic mass is 9.86. The average Bonchev–Trinajstić information content (AvgIpc) is 3.35. The second-order valence-electron chi connectivity index (χ2n) is 7.46. The zero-order valence-corrected chi connectivity index (χ0v) is 14.8. The molecule has 0 spiro atoms. The first kappa shape index (κ1) is 16.7. The van der Waals surface area contributed by atoms with Crippen LogP contribution in [0.15, 0.2) is 42.5 Å². The first-order valence-corrected chi connectivity index (χ1v) is 8.34. The molecule has 0 saturated carbocycles. The van der Waals surface area contributed by atoms with E-state index in [9.17, 15) is 4.79 Å². The van der Waals surface area contributed by atoms with E-state index >= 15 is 0 Å². The number of ether oxygens (including phenoxy) is 2. The number of epoxide rings is 1. The maximum Gasteiger partial charge on any atom is 0.193 e. The van der Waals surface area contributed by atoms with E-state index < -0.39 is 0 Å². The molecule has 2 aromatic rings. The fraction of sp³-hybridized carbons (Fsp3) is 0.381. The first-order valence-electron chi connectivity index (χ1n) is 8.34. The highest BCUT2D eigenvalue weighted by atomic mass is 16.6. The highest BCUT2D eigenvalue weighted by Gasteiger charge is 2.23. The number of carbonyl (C=O) groups is 1. The fourth-order valence-corrected chi connectivity index (χ4v) is 2.60. The van der Waals surface area contributed by atoms with Crippen molar-refractivity contribution in [2.45, 2.75) is 39.2 Å². The third kappa shape index (κ3) is 4.04. The zero-order valence-electron chi connectivity index (χ0n) is 14.8. The third-order valence-electron chi connectivity index (χ3n) is 4.16. The van der Waals surface area contributed by atoms with E-state index in [4.69, 9.17) is 9.47 Å². The Bertz CT molecular complexity index is 735. The SMILES string of the molecule is Cc1cc(OCC2CO2)cc(C(=O)c2ccc(C(C)(C)C)cc2)c1. The molecule has 126 valence electrons. The van der Waals surface area contributed by atoms with Crippen LogP contribution in [0.2, 0.25) is 0 Å². The van der Waals surface area contributed by atoms with Crippen molar-refractivity contribution in [3.8, 4) is 5.75 Å². The third-order valence-corrected chi connectivity index (χ3v) is 4.16. The van der Waals surface area contributed by atoms with Gasteiger partial charge in [0, 0.05) is 11.1 Å². The summed E-state index contributed by atoms with van der Waals surface area (Å²) in [7, 11) is 0. The van der Waals surface area contributed by atoms with Crippen molar-refractivity contribution in [2.75, 3.05) is 13.2 Å². The predicted octanol–water partition coefficient (Wildman–Crippen LogP) is 4.30. The number of hydrogen-bond acceptors (Lipinski definition) is 3. The van der Waals surface area contributed by atoms with Crippen molar-refractivity contribution >= 4 is 5.78 Å². The molecule has 1 saturated heterocycles. The largest absolute Gasteiger partial charge is 0.491 e. The van der Waals surface area contributed by atoms with Gasteiger partial charge in [-0.25, -0.2) is 0 Å². The van der Waals surface area contributed by atoms with E-state index in [0.717, 1.165) is 17.9 Å². The molecule has 1 aliphatic heterocycles. The van der Waals surface area contributed by atoms with Crippen molar-refractivity contribution in [3.05, 3.63) is 64.7 Å². The summed E-state index contributed by atoms with van der Waals surface area (Å²) in [5.74, 6) is 0.742.